The van der Waals surface area contributed by atoms with Gasteiger partial charge in [0, 0.05) is 17.2 Å². The number of nitrogens with zero attached hydrogens (tertiary/aromatic N) is 3. The van der Waals surface area contributed by atoms with Crippen LogP contribution in [0.3, 0.4) is 0 Å². The van der Waals surface area contributed by atoms with Crippen molar-refractivity contribution in [2.24, 2.45) is 0 Å². The van der Waals surface area contributed by atoms with Crippen LogP contribution in [0.4, 0.5) is 5.82 Å². The van der Waals surface area contributed by atoms with Crippen molar-refractivity contribution in [3.8, 4) is 0 Å². The van der Waals surface area contributed by atoms with Gasteiger partial charge >= 0.3 is 0 Å². The van der Waals surface area contributed by atoms with Crippen LogP contribution in [0.5, 0.6) is 0 Å². The Bertz CT molecular complexity index is 960. The number of amides is 3. The normalized spacial score (nSPS) is 21.3. The van der Waals surface area contributed by atoms with E-state index in [1.54, 1.807) is 12.1 Å². The number of carbonyl (C=O) groups excluding carboxylic acids is 3. The van der Waals surface area contributed by atoms with Gasteiger partial charge in [-0.2, -0.15) is 0 Å². The summed E-state index contributed by atoms with van der Waals surface area (Å²) in [6, 6.07) is 3.73. The molecule has 0 radical (unpaired) electrons. The van der Waals surface area contributed by atoms with Gasteiger partial charge in [-0.05, 0) is 23.6 Å². The second-order valence-electron chi connectivity index (χ2n) is 5.43. The minimum Gasteiger partial charge on any atom is -0.767 e. The quantitative estimate of drug-likeness (QED) is 0.580. The predicted molar refractivity (Wildman–Crippen MR) is 79.7 cm³/mol. The molecule has 3 amide bonds. The molecule has 10 heteroatoms. The van der Waals surface area contributed by atoms with Gasteiger partial charge in [0.2, 0.25) is 11.8 Å². The summed E-state index contributed by atoms with van der Waals surface area (Å²) >= 11 is -2.61. The third-order valence-corrected chi connectivity index (χ3v) is 4.73. The zero-order valence-corrected chi connectivity index (χ0v) is 12.8. The third kappa shape index (κ3) is 1.96. The van der Waals surface area contributed by atoms with Crippen LogP contribution >= 0.6 is 0 Å². The van der Waals surface area contributed by atoms with E-state index in [0.29, 0.717) is 5.39 Å². The highest BCUT2D eigenvalue weighted by molar-refractivity contribution is 7.79. The van der Waals surface area contributed by atoms with Gasteiger partial charge in [-0.25, -0.2) is 0 Å². The maximum absolute atomic E-state index is 12.7. The summed E-state index contributed by atoms with van der Waals surface area (Å²) in [4.78, 5) is 37.3. The number of hydrogen-bond acceptors (Lipinski definition) is 7. The van der Waals surface area contributed by atoms with Crippen molar-refractivity contribution in [1.29, 1.82) is 0 Å². The molecule has 3 heterocycles. The van der Waals surface area contributed by atoms with Crippen LogP contribution in [-0.2, 0) is 20.7 Å². The summed E-state index contributed by atoms with van der Waals surface area (Å²) < 4.78 is 22.6. The van der Waals surface area contributed by atoms with Gasteiger partial charge in [0.05, 0.1) is 5.56 Å². The molecule has 9 nitrogen and oxygen atoms in total. The molecule has 2 atom stereocenters. The average Bonchev–Trinajstić information content (AvgIpc) is 2.82. The number of benzene rings is 1. The van der Waals surface area contributed by atoms with Gasteiger partial charge in [-0.1, -0.05) is 12.1 Å². The van der Waals surface area contributed by atoms with Gasteiger partial charge in [0.15, 0.2) is 5.82 Å². The highest BCUT2D eigenvalue weighted by Gasteiger charge is 2.42. The molecular formula is C14H9N4O5S-. The summed E-state index contributed by atoms with van der Waals surface area (Å²) in [6.45, 7) is 0. The lowest BCUT2D eigenvalue weighted by Crippen LogP contribution is -2.53. The fourth-order valence-electron chi connectivity index (χ4n) is 3.08. The van der Waals surface area contributed by atoms with Crippen molar-refractivity contribution in [2.45, 2.75) is 23.9 Å². The van der Waals surface area contributed by atoms with Crippen molar-refractivity contribution in [3.63, 3.8) is 0 Å². The molecule has 122 valence electrons. The molecule has 1 aromatic carbocycles. The first kappa shape index (κ1) is 14.8. The highest BCUT2D eigenvalue weighted by atomic mass is 32.2. The number of piperidine rings is 1. The molecule has 0 saturated carbocycles. The van der Waals surface area contributed by atoms with E-state index in [0.717, 1.165) is 0 Å². The lowest BCUT2D eigenvalue weighted by Gasteiger charge is -2.29. The van der Waals surface area contributed by atoms with E-state index in [1.807, 2.05) is 0 Å². The Morgan fingerprint density at radius 3 is 2.75 bits per heavy atom. The Balaban J connectivity index is 1.90. The Kier molecular flexibility index (Phi) is 3.18. The van der Waals surface area contributed by atoms with Crippen LogP contribution in [0.1, 0.15) is 23.2 Å². The van der Waals surface area contributed by atoms with Gasteiger partial charge in [-0.3, -0.25) is 28.8 Å². The molecule has 2 aliphatic rings. The van der Waals surface area contributed by atoms with Gasteiger partial charge in [0.1, 0.15) is 11.1 Å². The highest BCUT2D eigenvalue weighted by Crippen LogP contribution is 2.38. The number of nitrogens with one attached hydrogen (secondary N) is 1. The lowest BCUT2D eigenvalue weighted by molar-refractivity contribution is -0.134. The van der Waals surface area contributed by atoms with E-state index in [2.05, 4.69) is 15.5 Å². The standard InChI is InChI=1S/C14H10N4O5S/c19-9-5-4-8(12(20)15-9)18-11-10-6(13(17-16-11)24(22)23)2-1-3-7(10)14(18)21/h1-3,8H,4-5H2,(H,22,23)(H,15,19,20)/p-1. The van der Waals surface area contributed by atoms with Crippen molar-refractivity contribution in [3.05, 3.63) is 23.8 Å². The molecule has 1 fully saturated rings. The minimum atomic E-state index is -2.61. The monoisotopic (exact) mass is 345 g/mol. The Labute approximate surface area is 137 Å². The Morgan fingerprint density at radius 2 is 2.04 bits per heavy atom. The molecule has 2 aromatic rings. The second-order valence-corrected chi connectivity index (χ2v) is 6.29. The molecule has 0 bridgehead atoms. The zero-order valence-electron chi connectivity index (χ0n) is 12.0. The summed E-state index contributed by atoms with van der Waals surface area (Å²) in [5, 5.41) is 10.1. The first-order valence-corrected chi connectivity index (χ1v) is 8.12. The Hall–Kier alpha value is -2.72. The maximum Gasteiger partial charge on any atom is 0.261 e. The number of carbonyl (C=O) groups is 3. The van der Waals surface area contributed by atoms with Crippen LogP contribution in [0, 0.1) is 0 Å². The van der Waals surface area contributed by atoms with Crippen LogP contribution in [0.25, 0.3) is 10.8 Å². The number of aromatic nitrogens is 2. The van der Waals surface area contributed by atoms with Crippen molar-refractivity contribution >= 4 is 45.4 Å². The van der Waals surface area contributed by atoms with E-state index in [4.69, 9.17) is 0 Å². The van der Waals surface area contributed by atoms with Gasteiger partial charge < -0.3 is 4.55 Å². The Morgan fingerprint density at radius 1 is 1.25 bits per heavy atom. The van der Waals surface area contributed by atoms with Gasteiger partial charge in [-0.15, -0.1) is 10.2 Å². The van der Waals surface area contributed by atoms with E-state index in [-0.39, 0.29) is 34.6 Å². The number of hydrogen-bond donors (Lipinski definition) is 1. The van der Waals surface area contributed by atoms with Crippen LogP contribution in [0.2, 0.25) is 0 Å². The fourth-order valence-corrected chi connectivity index (χ4v) is 3.54. The molecule has 1 N–H and O–H groups in total. The summed E-state index contributed by atoms with van der Waals surface area (Å²) in [6.07, 6.45) is 0.276. The molecule has 4 rings (SSSR count). The van der Waals surface area contributed by atoms with E-state index in [1.165, 1.54) is 11.0 Å². The minimum absolute atomic E-state index is 0.107. The van der Waals surface area contributed by atoms with Crippen LogP contribution < -0.4 is 10.2 Å². The molecule has 0 aliphatic carbocycles. The zero-order chi connectivity index (χ0) is 17.0. The molecule has 24 heavy (non-hydrogen) atoms. The van der Waals surface area contributed by atoms with Crippen molar-refractivity contribution < 1.29 is 23.1 Å². The molecular weight excluding hydrogens is 336 g/mol. The van der Waals surface area contributed by atoms with E-state index in [9.17, 15) is 23.1 Å². The lowest BCUT2D eigenvalue weighted by atomic mass is 10.0. The molecule has 0 spiro atoms. The van der Waals surface area contributed by atoms with Crippen LogP contribution in [0.15, 0.2) is 23.2 Å². The molecule has 2 aliphatic heterocycles. The number of imide groups is 1. The SMILES string of the molecule is O=C1CCC(N2C(=O)c3cccc4c(S(=O)[O-])nnc2c34)C(=O)N1. The van der Waals surface area contributed by atoms with E-state index < -0.39 is 34.8 Å². The molecule has 1 saturated heterocycles. The van der Waals surface area contributed by atoms with Crippen LogP contribution in [-0.4, -0.2) is 42.7 Å². The largest absolute Gasteiger partial charge is 0.767 e. The average molecular weight is 345 g/mol. The smallest absolute Gasteiger partial charge is 0.261 e. The molecule has 2 unspecified atom stereocenters. The fraction of sp³-hybridized carbons (Fsp3) is 0.214. The third-order valence-electron chi connectivity index (χ3n) is 4.11. The first-order chi connectivity index (χ1) is 11.5. The molecule has 1 aromatic heterocycles. The second kappa shape index (κ2) is 5.14. The topological polar surface area (TPSA) is 132 Å². The first-order valence-electron chi connectivity index (χ1n) is 7.05. The summed E-state index contributed by atoms with van der Waals surface area (Å²) in [5.74, 6) is -1.31. The maximum atomic E-state index is 12.7. The number of rotatable bonds is 2. The predicted octanol–water partition coefficient (Wildman–Crippen LogP) is -0.367. The van der Waals surface area contributed by atoms with Crippen molar-refractivity contribution in [2.75, 3.05) is 4.90 Å². The summed E-state index contributed by atoms with van der Waals surface area (Å²) in [7, 11) is 0. The number of anilines is 1. The summed E-state index contributed by atoms with van der Waals surface area (Å²) in [5.41, 5.74) is 0.258. The van der Waals surface area contributed by atoms with Crippen molar-refractivity contribution in [1.82, 2.24) is 15.5 Å². The van der Waals surface area contributed by atoms with E-state index >= 15 is 0 Å². The van der Waals surface area contributed by atoms with Gasteiger partial charge in [0.25, 0.3) is 5.91 Å².